The molecule has 8 heavy (non-hydrogen) atoms. The van der Waals surface area contributed by atoms with Gasteiger partial charge in [-0.05, 0) is 0 Å². The highest BCUT2D eigenvalue weighted by Crippen LogP contribution is 2.18. The molecule has 4 N–H and O–H groups in total. The number of rotatable bonds is 0. The summed E-state index contributed by atoms with van der Waals surface area (Å²) in [5.41, 5.74) is 11.3. The summed E-state index contributed by atoms with van der Waals surface area (Å²) in [6, 6.07) is 1.67. The second kappa shape index (κ2) is 2.03. The topological polar surface area (TPSA) is 77.8 Å². The average Bonchev–Trinajstić information content (AvgIpc) is 1.77. The van der Waals surface area contributed by atoms with Crippen molar-refractivity contribution in [2.45, 2.75) is 0 Å². The molecule has 0 fully saturated rings. The second-order valence-electron chi connectivity index (χ2n) is 1.29. The van der Waals surface area contributed by atoms with E-state index in [9.17, 15) is 0 Å². The van der Waals surface area contributed by atoms with Gasteiger partial charge < -0.3 is 5.73 Å². The fourth-order valence-electron chi connectivity index (χ4n) is 0.323. The Hall–Kier alpha value is -0.730. The Morgan fingerprint density at radius 3 is 2.75 bits per heavy atom. The van der Waals surface area contributed by atoms with Crippen LogP contribution in [0.3, 0.4) is 0 Å². The van der Waals surface area contributed by atoms with E-state index in [-0.39, 0.29) is 0 Å². The third-order valence-corrected chi connectivity index (χ3v) is 1.70. The normalized spacial score (nSPS) is 11.4. The van der Waals surface area contributed by atoms with Crippen molar-refractivity contribution in [3.8, 4) is 0 Å². The molecule has 1 atom stereocenters. The van der Waals surface area contributed by atoms with Crippen LogP contribution < -0.4 is 11.2 Å². The largest absolute Gasteiger partial charge is 0.375 e. The number of anilines is 1. The molecule has 0 radical (unpaired) electrons. The van der Waals surface area contributed by atoms with Crippen LogP contribution in [0.5, 0.6) is 0 Å². The third kappa shape index (κ3) is 0.911. The minimum atomic E-state index is -0.987. The van der Waals surface area contributed by atoms with E-state index in [4.69, 9.17) is 11.2 Å². The van der Waals surface area contributed by atoms with Crippen molar-refractivity contribution in [1.82, 2.24) is 9.96 Å². The predicted octanol–water partition coefficient (Wildman–Crippen LogP) is 0.0403. The van der Waals surface area contributed by atoms with Crippen LogP contribution in [0.4, 0.5) is 5.42 Å². The summed E-state index contributed by atoms with van der Waals surface area (Å²) in [6.07, 6.45) is 1.53. The number of nitrogens with zero attached hydrogens (tertiary/aromatic N) is 2. The van der Waals surface area contributed by atoms with Crippen molar-refractivity contribution in [3.05, 3.63) is 12.3 Å². The van der Waals surface area contributed by atoms with Crippen molar-refractivity contribution in [1.29, 1.82) is 0 Å². The van der Waals surface area contributed by atoms with Crippen LogP contribution in [-0.4, -0.2) is 9.96 Å². The maximum atomic E-state index is 5.37. The molecule has 0 aliphatic carbocycles. The molecule has 0 saturated heterocycles. The van der Waals surface area contributed by atoms with Gasteiger partial charge >= 0.3 is 7.84 Å². The molecule has 1 rings (SSSR count). The van der Waals surface area contributed by atoms with Gasteiger partial charge in [0.25, 0.3) is 5.42 Å². The summed E-state index contributed by atoms with van der Waals surface area (Å²) in [4.78, 5) is 3.63. The highest BCUT2D eigenvalue weighted by Gasteiger charge is 2.04. The highest BCUT2D eigenvalue weighted by molar-refractivity contribution is 7.48. The Labute approximate surface area is 47.7 Å². The van der Waals surface area contributed by atoms with E-state index < -0.39 is 7.84 Å². The standard InChI is InChI=1S/C3H6N4P/c4-3-1-2-6-7-8(3)5/h1-2H,(H2,4,6)(H2,5,7)/q+1. The van der Waals surface area contributed by atoms with Crippen molar-refractivity contribution >= 4 is 13.3 Å². The average molecular weight is 129 g/mol. The van der Waals surface area contributed by atoms with Gasteiger partial charge in [-0.3, -0.25) is 0 Å². The lowest BCUT2D eigenvalue weighted by Crippen LogP contribution is -1.91. The molecule has 0 aromatic carbocycles. The predicted molar refractivity (Wildman–Crippen MR) is 33.7 cm³/mol. The second-order valence-corrected chi connectivity index (χ2v) is 2.67. The van der Waals surface area contributed by atoms with Crippen LogP contribution in [0.15, 0.2) is 12.3 Å². The van der Waals surface area contributed by atoms with Crippen LogP contribution in [0.1, 0.15) is 0 Å². The Morgan fingerprint density at radius 1 is 1.62 bits per heavy atom. The summed E-state index contributed by atoms with van der Waals surface area (Å²) in [5.74, 6) is 0. The molecular formula is C3H6N4P+. The molecule has 1 heterocycles. The Morgan fingerprint density at radius 2 is 2.38 bits per heavy atom. The number of aromatic nitrogens is 2. The van der Waals surface area contributed by atoms with Gasteiger partial charge in [0.15, 0.2) is 0 Å². The van der Waals surface area contributed by atoms with Gasteiger partial charge in [0.2, 0.25) is 0 Å². The zero-order valence-corrected chi connectivity index (χ0v) is 5.05. The van der Waals surface area contributed by atoms with E-state index in [0.29, 0.717) is 5.42 Å². The molecule has 0 aliphatic heterocycles. The molecule has 1 aromatic heterocycles. The molecule has 0 bridgehead atoms. The van der Waals surface area contributed by atoms with Gasteiger partial charge in [0, 0.05) is 6.07 Å². The van der Waals surface area contributed by atoms with Gasteiger partial charge in [-0.1, -0.05) is 0 Å². The molecule has 1 unspecified atom stereocenters. The Balaban J connectivity index is 3.13. The first-order chi connectivity index (χ1) is 3.80. The van der Waals surface area contributed by atoms with E-state index >= 15 is 0 Å². The third-order valence-electron chi connectivity index (χ3n) is 0.725. The lowest BCUT2D eigenvalue weighted by atomic mass is 10.7. The molecule has 42 valence electrons. The van der Waals surface area contributed by atoms with E-state index in [1.807, 2.05) is 0 Å². The first kappa shape index (κ1) is 5.41. The fraction of sp³-hybridized carbons (Fsp3) is 0. The molecule has 0 spiro atoms. The molecular weight excluding hydrogens is 123 g/mol. The Kier molecular flexibility index (Phi) is 1.37. The van der Waals surface area contributed by atoms with E-state index in [2.05, 4.69) is 9.96 Å². The monoisotopic (exact) mass is 129 g/mol. The zero-order valence-electron chi connectivity index (χ0n) is 4.15. The van der Waals surface area contributed by atoms with E-state index in [0.717, 1.165) is 0 Å². The van der Waals surface area contributed by atoms with Crippen molar-refractivity contribution in [3.63, 3.8) is 0 Å². The molecule has 0 amide bonds. The molecule has 0 aliphatic rings. The summed E-state index contributed by atoms with van der Waals surface area (Å²) in [7, 11) is -0.987. The lowest BCUT2D eigenvalue weighted by molar-refractivity contribution is 1.12. The molecule has 1 aromatic rings. The van der Waals surface area contributed by atoms with Crippen LogP contribution in [-0.2, 0) is 0 Å². The first-order valence-corrected chi connectivity index (χ1v) is 3.41. The van der Waals surface area contributed by atoms with Crippen LogP contribution in [0, 0.1) is 0 Å². The van der Waals surface area contributed by atoms with E-state index in [1.165, 1.54) is 6.20 Å². The first-order valence-electron chi connectivity index (χ1n) is 2.05. The summed E-state index contributed by atoms with van der Waals surface area (Å²) in [5, 5.41) is 3.56. The van der Waals surface area contributed by atoms with Crippen LogP contribution >= 0.6 is 7.84 Å². The fourth-order valence-corrected chi connectivity index (χ4v) is 0.817. The van der Waals surface area contributed by atoms with Gasteiger partial charge in [-0.25, -0.2) is 0 Å². The molecule has 0 saturated carbocycles. The molecule has 4 nitrogen and oxygen atoms in total. The van der Waals surface area contributed by atoms with Gasteiger partial charge in [-0.2, -0.15) is 0 Å². The Bertz CT molecular complexity index is 167. The summed E-state index contributed by atoms with van der Waals surface area (Å²) in [6.45, 7) is 0. The zero-order chi connectivity index (χ0) is 5.98. The minimum Gasteiger partial charge on any atom is -0.361 e. The number of hydrogen-bond donors (Lipinski definition) is 2. The van der Waals surface area contributed by atoms with Crippen LogP contribution in [0.25, 0.3) is 0 Å². The van der Waals surface area contributed by atoms with E-state index in [1.54, 1.807) is 6.07 Å². The quantitative estimate of drug-likeness (QED) is 0.518. The van der Waals surface area contributed by atoms with Crippen molar-refractivity contribution in [2.75, 3.05) is 11.2 Å². The van der Waals surface area contributed by atoms with Crippen molar-refractivity contribution in [2.24, 2.45) is 0 Å². The van der Waals surface area contributed by atoms with Crippen molar-refractivity contribution < 1.29 is 0 Å². The smallest absolute Gasteiger partial charge is 0.361 e. The molecule has 5 heteroatoms. The van der Waals surface area contributed by atoms with Gasteiger partial charge in [-0.15, -0.1) is 10.6 Å². The minimum absolute atomic E-state index is 0.620. The summed E-state index contributed by atoms with van der Waals surface area (Å²) >= 11 is 0. The van der Waals surface area contributed by atoms with Crippen LogP contribution in [0.2, 0.25) is 0 Å². The maximum absolute atomic E-state index is 5.37. The lowest BCUT2D eigenvalue weighted by Gasteiger charge is -1.77. The SMILES string of the molecule is Nc1ccnn[p+]1N. The number of hydrogen-bond acceptors (Lipinski definition) is 4. The van der Waals surface area contributed by atoms with Gasteiger partial charge in [0.1, 0.15) is 0 Å². The van der Waals surface area contributed by atoms with Gasteiger partial charge in [0.05, 0.1) is 11.1 Å². The maximum Gasteiger partial charge on any atom is 0.375 e. The highest BCUT2D eigenvalue weighted by atomic mass is 31.1. The number of nitrogens with two attached hydrogens (primary N) is 2. The summed E-state index contributed by atoms with van der Waals surface area (Å²) < 4.78 is 0. The number of nitrogen functional groups attached to an aromatic ring is 2.